The van der Waals surface area contributed by atoms with E-state index in [0.717, 1.165) is 43.7 Å². The number of hydrogen-bond donors (Lipinski definition) is 1. The Hall–Kier alpha value is -4.17. The molecule has 2 aromatic heterocycles. The number of ether oxygens (including phenoxy) is 2. The Morgan fingerprint density at radius 2 is 1.85 bits per heavy atom. The lowest BCUT2D eigenvalue weighted by Crippen LogP contribution is -2.50. The molecule has 0 saturated heterocycles. The maximum absolute atomic E-state index is 12.4. The van der Waals surface area contributed by atoms with E-state index in [2.05, 4.69) is 59.2 Å². The minimum Gasteiger partial charge on any atom is -0.460 e. The molecule has 0 radical (unpaired) electrons. The van der Waals surface area contributed by atoms with Gasteiger partial charge in [-0.05, 0) is 49.6 Å². The lowest BCUT2D eigenvalue weighted by atomic mass is 10.0. The van der Waals surface area contributed by atoms with E-state index in [4.69, 9.17) is 9.47 Å². The molecule has 0 bridgehead atoms. The number of hydrogen-bond acceptors (Lipinski definition) is 5. The zero-order chi connectivity index (χ0) is 28.1. The first-order chi connectivity index (χ1) is 19.3. The van der Waals surface area contributed by atoms with Gasteiger partial charge in [-0.3, -0.25) is 14.3 Å². The number of carbonyl (C=O) groups is 2. The van der Waals surface area contributed by atoms with Crippen LogP contribution in [0.2, 0.25) is 0 Å². The lowest BCUT2D eigenvalue weighted by molar-refractivity contribution is -0.940. The highest BCUT2D eigenvalue weighted by molar-refractivity contribution is 5.86. The fourth-order valence-corrected chi connectivity index (χ4v) is 5.34. The predicted molar refractivity (Wildman–Crippen MR) is 153 cm³/mol. The molecule has 1 atom stereocenters. The molecule has 8 nitrogen and oxygen atoms in total. The highest BCUT2D eigenvalue weighted by Gasteiger charge is 2.34. The number of carbonyl (C=O) groups excluding carboxylic acids is 2. The Kier molecular flexibility index (Phi) is 8.16. The van der Waals surface area contributed by atoms with Gasteiger partial charge < -0.3 is 19.4 Å². The summed E-state index contributed by atoms with van der Waals surface area (Å²) in [6.07, 6.45) is 3.16. The minimum atomic E-state index is -0.619. The van der Waals surface area contributed by atoms with Gasteiger partial charge in [-0.2, -0.15) is 0 Å². The summed E-state index contributed by atoms with van der Waals surface area (Å²) in [4.78, 5) is 28.9. The van der Waals surface area contributed by atoms with Crippen molar-refractivity contribution < 1.29 is 23.5 Å². The number of aryl methyl sites for hydroxylation is 4. The van der Waals surface area contributed by atoms with Gasteiger partial charge in [-0.15, -0.1) is 0 Å². The number of nitrogens with zero attached hydrogens (tertiary/aromatic N) is 3. The van der Waals surface area contributed by atoms with Crippen molar-refractivity contribution in [2.75, 3.05) is 26.9 Å². The SMILES string of the molecule is Cc1ccc2c(c1)c1c(n2CCc2ccc(C)nc2)CC[N+](C)(COC(=O)NCC(=O)OCc2ccccc2)C1. The molecule has 1 aliphatic rings. The van der Waals surface area contributed by atoms with Crippen molar-refractivity contribution >= 4 is 23.0 Å². The summed E-state index contributed by atoms with van der Waals surface area (Å²) in [6.45, 7) is 6.79. The molecule has 8 heteroatoms. The molecule has 208 valence electrons. The van der Waals surface area contributed by atoms with E-state index < -0.39 is 12.1 Å². The first kappa shape index (κ1) is 27.4. The van der Waals surface area contributed by atoms with E-state index in [1.807, 2.05) is 43.5 Å². The number of rotatable bonds is 9. The van der Waals surface area contributed by atoms with E-state index >= 15 is 0 Å². The van der Waals surface area contributed by atoms with Gasteiger partial charge in [-0.25, -0.2) is 4.79 Å². The molecule has 3 heterocycles. The van der Waals surface area contributed by atoms with Gasteiger partial charge in [0, 0.05) is 47.0 Å². The molecule has 0 fully saturated rings. The molecule has 0 saturated carbocycles. The van der Waals surface area contributed by atoms with Crippen molar-refractivity contribution in [3.8, 4) is 0 Å². The second kappa shape index (κ2) is 11.9. The third-order valence-corrected chi connectivity index (χ3v) is 7.59. The topological polar surface area (TPSA) is 82.5 Å². The van der Waals surface area contributed by atoms with Crippen LogP contribution in [0.25, 0.3) is 10.9 Å². The summed E-state index contributed by atoms with van der Waals surface area (Å²) in [5.74, 6) is -0.506. The zero-order valence-electron chi connectivity index (χ0n) is 23.5. The first-order valence-electron chi connectivity index (χ1n) is 13.8. The zero-order valence-corrected chi connectivity index (χ0v) is 23.5. The van der Waals surface area contributed by atoms with Crippen LogP contribution in [0.15, 0.2) is 66.9 Å². The summed E-state index contributed by atoms with van der Waals surface area (Å²) in [7, 11) is 2.11. The molecule has 0 spiro atoms. The van der Waals surface area contributed by atoms with Crippen LogP contribution in [0.1, 0.15) is 33.6 Å². The number of benzene rings is 2. The fourth-order valence-electron chi connectivity index (χ4n) is 5.34. The molecular weight excluding hydrogens is 504 g/mol. The second-order valence-corrected chi connectivity index (χ2v) is 11.0. The first-order valence-corrected chi connectivity index (χ1v) is 13.8. The number of alkyl carbamates (subject to hydrolysis) is 1. The predicted octanol–water partition coefficient (Wildman–Crippen LogP) is 4.83. The molecular formula is C32H37N4O4+. The Balaban J connectivity index is 1.20. The Morgan fingerprint density at radius 1 is 1.02 bits per heavy atom. The number of fused-ring (bicyclic) bond motifs is 3. The number of likely N-dealkylation sites (N-methyl/N-ethyl adjacent to an activating group) is 1. The van der Waals surface area contributed by atoms with Gasteiger partial charge in [0.25, 0.3) is 0 Å². The van der Waals surface area contributed by atoms with E-state index in [1.54, 1.807) is 0 Å². The second-order valence-electron chi connectivity index (χ2n) is 11.0. The van der Waals surface area contributed by atoms with E-state index in [1.165, 1.54) is 33.3 Å². The molecule has 1 amide bonds. The Morgan fingerprint density at radius 3 is 2.62 bits per heavy atom. The Bertz CT molecular complexity index is 1500. The van der Waals surface area contributed by atoms with Gasteiger partial charge in [0.05, 0.1) is 13.6 Å². The number of esters is 1. The molecule has 1 N–H and O–H groups in total. The third kappa shape index (κ3) is 6.51. The molecule has 1 unspecified atom stereocenters. The highest BCUT2D eigenvalue weighted by Crippen LogP contribution is 2.34. The maximum atomic E-state index is 12.4. The van der Waals surface area contributed by atoms with Crippen molar-refractivity contribution in [1.82, 2.24) is 14.9 Å². The minimum absolute atomic E-state index is 0.169. The summed E-state index contributed by atoms with van der Waals surface area (Å²) < 4.78 is 13.8. The molecule has 5 rings (SSSR count). The number of quaternary nitrogens is 1. The Labute approximate surface area is 235 Å². The smallest absolute Gasteiger partial charge is 0.411 e. The van der Waals surface area contributed by atoms with Crippen LogP contribution in [0, 0.1) is 13.8 Å². The van der Waals surface area contributed by atoms with E-state index in [0.29, 0.717) is 4.48 Å². The summed E-state index contributed by atoms with van der Waals surface area (Å²) in [5, 5.41) is 3.79. The molecule has 40 heavy (non-hydrogen) atoms. The van der Waals surface area contributed by atoms with Crippen LogP contribution in [0.5, 0.6) is 0 Å². The van der Waals surface area contributed by atoms with Gasteiger partial charge in [0.2, 0.25) is 6.73 Å². The quantitative estimate of drug-likeness (QED) is 0.243. The van der Waals surface area contributed by atoms with Gasteiger partial charge >= 0.3 is 12.1 Å². The van der Waals surface area contributed by atoms with Crippen molar-refractivity contribution in [3.05, 3.63) is 101 Å². The van der Waals surface area contributed by atoms with Crippen LogP contribution in [-0.4, -0.2) is 53.0 Å². The fraction of sp³-hybridized carbons (Fsp3) is 0.344. The molecule has 4 aromatic rings. The largest absolute Gasteiger partial charge is 0.460 e. The average molecular weight is 542 g/mol. The van der Waals surface area contributed by atoms with E-state index in [-0.39, 0.29) is 19.9 Å². The number of pyridine rings is 1. The van der Waals surface area contributed by atoms with E-state index in [9.17, 15) is 9.59 Å². The van der Waals surface area contributed by atoms with Crippen LogP contribution in [0.4, 0.5) is 4.79 Å². The summed E-state index contributed by atoms with van der Waals surface area (Å²) >= 11 is 0. The van der Waals surface area contributed by atoms with Gasteiger partial charge in [0.1, 0.15) is 19.7 Å². The van der Waals surface area contributed by atoms with Crippen LogP contribution in [-0.2, 0) is 46.8 Å². The molecule has 1 aliphatic heterocycles. The summed E-state index contributed by atoms with van der Waals surface area (Å²) in [5.41, 5.74) is 8.31. The van der Waals surface area contributed by atoms with Gasteiger partial charge in [-0.1, -0.05) is 48.0 Å². The van der Waals surface area contributed by atoms with Crippen molar-refractivity contribution in [2.45, 2.75) is 46.4 Å². The molecule has 0 aliphatic carbocycles. The van der Waals surface area contributed by atoms with Crippen molar-refractivity contribution in [2.24, 2.45) is 0 Å². The number of aromatic nitrogens is 2. The molecule has 2 aromatic carbocycles. The standard InChI is InChI=1S/C32H36N4O4/c1-23-9-12-29-27(17-23)28-20-36(3,16-14-30(28)35(29)15-13-25-11-10-24(2)33-18-25)22-40-32(38)34-19-31(37)39-21-26-7-5-4-6-8-26/h4-12,17-18H,13-16,19-22H2,1-3H3/p+1. The maximum Gasteiger partial charge on any atom is 0.411 e. The summed E-state index contributed by atoms with van der Waals surface area (Å²) in [6, 6.07) is 20.3. The van der Waals surface area contributed by atoms with Gasteiger partial charge in [0.15, 0.2) is 0 Å². The van der Waals surface area contributed by atoms with Crippen molar-refractivity contribution in [3.63, 3.8) is 0 Å². The highest BCUT2D eigenvalue weighted by atomic mass is 16.6. The van der Waals surface area contributed by atoms with Crippen LogP contribution < -0.4 is 5.32 Å². The van der Waals surface area contributed by atoms with Crippen molar-refractivity contribution in [1.29, 1.82) is 0 Å². The third-order valence-electron chi connectivity index (χ3n) is 7.59. The van der Waals surface area contributed by atoms with Crippen LogP contribution in [0.3, 0.4) is 0 Å². The number of nitrogens with one attached hydrogen (secondary N) is 1. The normalized spacial score (nSPS) is 16.4. The average Bonchev–Trinajstić information content (AvgIpc) is 3.25. The lowest BCUT2D eigenvalue weighted by Gasteiger charge is -2.37. The van der Waals surface area contributed by atoms with Crippen LogP contribution >= 0.6 is 0 Å². The number of amides is 1. The monoisotopic (exact) mass is 541 g/mol.